The number of hydrogen-bond donors (Lipinski definition) is 0. The topological polar surface area (TPSA) is 55.8 Å². The standard InChI is InChI=1S/C40H34N4/c1-28(43(31-15-7-5-8-16-31)32-17-9-6-10-18-32)35(27-42)36(20-13-25-41)44-37-24-22-30(40(2,3)4)26-34(37)39-33-19-12-11-14-29(33)21-23-38(39)44/h5-12,14-24,26H,13H2,1-4H3/b35-28+,36-20+. The first kappa shape index (κ1) is 28.5. The molecule has 214 valence electrons. The van der Waals surface area contributed by atoms with Crippen molar-refractivity contribution in [2.75, 3.05) is 4.90 Å². The Morgan fingerprint density at radius 2 is 1.36 bits per heavy atom. The van der Waals surface area contributed by atoms with Crippen LogP contribution in [0.5, 0.6) is 0 Å². The highest BCUT2D eigenvalue weighted by atomic mass is 15.2. The monoisotopic (exact) mass is 570 g/mol. The van der Waals surface area contributed by atoms with E-state index < -0.39 is 0 Å². The van der Waals surface area contributed by atoms with E-state index in [0.29, 0.717) is 11.3 Å². The summed E-state index contributed by atoms with van der Waals surface area (Å²) in [6.07, 6.45) is 2.06. The van der Waals surface area contributed by atoms with Crippen molar-refractivity contribution in [2.24, 2.45) is 0 Å². The first-order valence-electron chi connectivity index (χ1n) is 14.9. The molecule has 44 heavy (non-hydrogen) atoms. The summed E-state index contributed by atoms with van der Waals surface area (Å²) < 4.78 is 2.18. The number of hydrogen-bond acceptors (Lipinski definition) is 3. The Hall–Kier alpha value is -5.58. The average molecular weight is 571 g/mol. The minimum atomic E-state index is -0.0349. The molecule has 4 nitrogen and oxygen atoms in total. The van der Waals surface area contributed by atoms with Crippen LogP contribution >= 0.6 is 0 Å². The third kappa shape index (κ3) is 5.02. The highest BCUT2D eigenvalue weighted by Gasteiger charge is 2.24. The zero-order valence-electron chi connectivity index (χ0n) is 25.5. The lowest BCUT2D eigenvalue weighted by Crippen LogP contribution is -2.17. The Morgan fingerprint density at radius 3 is 1.98 bits per heavy atom. The van der Waals surface area contributed by atoms with Crippen molar-refractivity contribution in [1.29, 1.82) is 10.5 Å². The molecule has 1 heterocycles. The maximum atomic E-state index is 10.9. The Kier molecular flexibility index (Phi) is 7.52. The highest BCUT2D eigenvalue weighted by Crippen LogP contribution is 2.41. The molecule has 0 aliphatic rings. The van der Waals surface area contributed by atoms with E-state index in [2.05, 4.69) is 97.0 Å². The number of allylic oxidation sites excluding steroid dienone is 4. The average Bonchev–Trinajstić information content (AvgIpc) is 3.38. The van der Waals surface area contributed by atoms with E-state index in [1.54, 1.807) is 0 Å². The van der Waals surface area contributed by atoms with Gasteiger partial charge >= 0.3 is 0 Å². The van der Waals surface area contributed by atoms with Gasteiger partial charge in [0.2, 0.25) is 0 Å². The van der Waals surface area contributed by atoms with Gasteiger partial charge in [0.15, 0.2) is 0 Å². The summed E-state index contributed by atoms with van der Waals surface area (Å²) in [5, 5.41) is 25.2. The third-order valence-electron chi connectivity index (χ3n) is 8.24. The molecule has 0 amide bonds. The van der Waals surface area contributed by atoms with Crippen LogP contribution in [0.15, 0.2) is 133 Å². The molecule has 0 saturated heterocycles. The minimum absolute atomic E-state index is 0.0349. The largest absolute Gasteiger partial charge is 0.313 e. The molecule has 5 aromatic carbocycles. The molecule has 4 heteroatoms. The molecule has 0 spiro atoms. The molecule has 0 N–H and O–H groups in total. The fraction of sp³-hybridized carbons (Fsp3) is 0.150. The summed E-state index contributed by atoms with van der Waals surface area (Å²) in [7, 11) is 0. The number of rotatable bonds is 6. The predicted octanol–water partition coefficient (Wildman–Crippen LogP) is 10.6. The Bertz CT molecular complexity index is 2110. The number of anilines is 2. The molecule has 0 aliphatic carbocycles. The first-order chi connectivity index (χ1) is 21.3. The van der Waals surface area contributed by atoms with Crippen LogP contribution in [0.3, 0.4) is 0 Å². The van der Waals surface area contributed by atoms with Crippen LogP contribution < -0.4 is 4.90 Å². The van der Waals surface area contributed by atoms with Gasteiger partial charge in [-0.25, -0.2) is 0 Å². The number of nitriles is 2. The van der Waals surface area contributed by atoms with Crippen LogP contribution in [0, 0.1) is 22.7 Å². The van der Waals surface area contributed by atoms with Crippen LogP contribution in [0.1, 0.15) is 39.7 Å². The Balaban J connectivity index is 1.71. The van der Waals surface area contributed by atoms with Gasteiger partial charge in [0.1, 0.15) is 6.07 Å². The van der Waals surface area contributed by atoms with Crippen molar-refractivity contribution in [3.05, 3.63) is 138 Å². The maximum Gasteiger partial charge on any atom is 0.103 e. The van der Waals surface area contributed by atoms with Crippen molar-refractivity contribution >= 4 is 49.7 Å². The third-order valence-corrected chi connectivity index (χ3v) is 8.24. The smallest absolute Gasteiger partial charge is 0.103 e. The van der Waals surface area contributed by atoms with E-state index in [1.807, 2.05) is 73.7 Å². The van der Waals surface area contributed by atoms with Gasteiger partial charge in [-0.2, -0.15) is 10.5 Å². The number of benzene rings is 5. The lowest BCUT2D eigenvalue weighted by Gasteiger charge is -2.28. The molecule has 6 rings (SSSR count). The van der Waals surface area contributed by atoms with Gasteiger partial charge < -0.3 is 9.47 Å². The van der Waals surface area contributed by atoms with Crippen LogP contribution in [0.2, 0.25) is 0 Å². The lowest BCUT2D eigenvalue weighted by atomic mass is 9.86. The second-order valence-corrected chi connectivity index (χ2v) is 12.0. The number of aromatic nitrogens is 1. The molecule has 0 bridgehead atoms. The number of para-hydroxylation sites is 2. The van der Waals surface area contributed by atoms with Crippen LogP contribution in [-0.4, -0.2) is 4.57 Å². The Morgan fingerprint density at radius 1 is 0.750 bits per heavy atom. The molecule has 0 aliphatic heterocycles. The molecular formula is C40H34N4. The molecular weight excluding hydrogens is 536 g/mol. The van der Waals surface area contributed by atoms with E-state index in [1.165, 1.54) is 5.56 Å². The molecule has 0 fully saturated rings. The van der Waals surface area contributed by atoms with Gasteiger partial charge in [0.25, 0.3) is 0 Å². The second kappa shape index (κ2) is 11.6. The van der Waals surface area contributed by atoms with Crippen molar-refractivity contribution in [2.45, 2.75) is 39.5 Å². The highest BCUT2D eigenvalue weighted by molar-refractivity contribution is 6.22. The molecule has 1 aromatic heterocycles. The van der Waals surface area contributed by atoms with Gasteiger partial charge in [0, 0.05) is 27.8 Å². The van der Waals surface area contributed by atoms with Crippen LogP contribution in [-0.2, 0) is 5.41 Å². The number of fused-ring (bicyclic) bond motifs is 5. The summed E-state index contributed by atoms with van der Waals surface area (Å²) in [4.78, 5) is 2.11. The zero-order chi connectivity index (χ0) is 30.8. The van der Waals surface area contributed by atoms with E-state index in [4.69, 9.17) is 0 Å². The van der Waals surface area contributed by atoms with Crippen molar-refractivity contribution in [3.8, 4) is 12.1 Å². The summed E-state index contributed by atoms with van der Waals surface area (Å²) in [5.41, 5.74) is 7.08. The Labute approximate surface area is 259 Å². The normalized spacial score (nSPS) is 12.6. The molecule has 0 atom stereocenters. The molecule has 6 aromatic rings. The molecule has 0 unspecified atom stereocenters. The maximum absolute atomic E-state index is 10.9. The number of nitrogens with zero attached hydrogens (tertiary/aromatic N) is 4. The SMILES string of the molecule is C/C(=C(C#N)\C(=C/CC#N)n1c2ccc(C(C)(C)C)cc2c2c3ccccc3ccc21)N(c1ccccc1)c1ccccc1. The van der Waals surface area contributed by atoms with E-state index in [-0.39, 0.29) is 11.8 Å². The van der Waals surface area contributed by atoms with Crippen LogP contribution in [0.4, 0.5) is 11.4 Å². The quantitative estimate of drug-likeness (QED) is 0.148. The zero-order valence-corrected chi connectivity index (χ0v) is 25.5. The minimum Gasteiger partial charge on any atom is -0.313 e. The fourth-order valence-electron chi connectivity index (χ4n) is 6.09. The van der Waals surface area contributed by atoms with Crippen molar-refractivity contribution < 1.29 is 0 Å². The summed E-state index contributed by atoms with van der Waals surface area (Å²) in [5.74, 6) is 0. The van der Waals surface area contributed by atoms with Gasteiger partial charge in [-0.15, -0.1) is 0 Å². The van der Waals surface area contributed by atoms with E-state index >= 15 is 0 Å². The van der Waals surface area contributed by atoms with E-state index in [0.717, 1.165) is 49.7 Å². The fourth-order valence-corrected chi connectivity index (χ4v) is 6.09. The first-order valence-corrected chi connectivity index (χ1v) is 14.9. The van der Waals surface area contributed by atoms with Crippen LogP contribution in [0.25, 0.3) is 38.3 Å². The predicted molar refractivity (Wildman–Crippen MR) is 183 cm³/mol. The summed E-state index contributed by atoms with van der Waals surface area (Å²) >= 11 is 0. The lowest BCUT2D eigenvalue weighted by molar-refractivity contribution is 0.591. The molecule has 0 radical (unpaired) electrons. The second-order valence-electron chi connectivity index (χ2n) is 12.0. The summed E-state index contributed by atoms with van der Waals surface area (Å²) in [6.45, 7) is 8.67. The van der Waals surface area contributed by atoms with Crippen molar-refractivity contribution in [1.82, 2.24) is 4.57 Å². The molecule has 0 saturated carbocycles. The van der Waals surface area contributed by atoms with Crippen molar-refractivity contribution in [3.63, 3.8) is 0 Å². The van der Waals surface area contributed by atoms with Gasteiger partial charge in [-0.05, 0) is 77.2 Å². The van der Waals surface area contributed by atoms with Gasteiger partial charge in [0.05, 0.1) is 34.8 Å². The van der Waals surface area contributed by atoms with Gasteiger partial charge in [-0.1, -0.05) is 93.6 Å². The summed E-state index contributed by atoms with van der Waals surface area (Å²) in [6, 6.07) is 44.4. The van der Waals surface area contributed by atoms with Gasteiger partial charge in [-0.3, -0.25) is 0 Å². The van der Waals surface area contributed by atoms with E-state index in [9.17, 15) is 10.5 Å².